The van der Waals surface area contributed by atoms with Crippen LogP contribution in [-0.4, -0.2) is 29.5 Å². The van der Waals surface area contributed by atoms with Gasteiger partial charge in [0.1, 0.15) is 5.69 Å². The number of benzene rings is 1. The molecule has 0 radical (unpaired) electrons. The van der Waals surface area contributed by atoms with E-state index in [1.54, 1.807) is 0 Å². The predicted molar refractivity (Wildman–Crippen MR) is 88.1 cm³/mol. The third-order valence-corrected chi connectivity index (χ3v) is 3.68. The van der Waals surface area contributed by atoms with Crippen molar-refractivity contribution in [1.29, 1.82) is 0 Å². The van der Waals surface area contributed by atoms with Gasteiger partial charge in [0.2, 0.25) is 0 Å². The van der Waals surface area contributed by atoms with Gasteiger partial charge in [0, 0.05) is 30.8 Å². The van der Waals surface area contributed by atoms with Crippen LogP contribution in [0.2, 0.25) is 0 Å². The number of hydrogen-bond donors (Lipinski definition) is 1. The number of nitrogens with zero attached hydrogens (tertiary/aromatic N) is 2. The minimum atomic E-state index is -0.0668. The van der Waals surface area contributed by atoms with Crippen LogP contribution in [0.5, 0.6) is 0 Å². The predicted octanol–water partition coefficient (Wildman–Crippen LogP) is 2.78. The lowest BCUT2D eigenvalue weighted by Crippen LogP contribution is -2.25. The molecule has 1 heterocycles. The molecule has 0 aliphatic heterocycles. The fourth-order valence-corrected chi connectivity index (χ4v) is 2.76. The summed E-state index contributed by atoms with van der Waals surface area (Å²) in [5.41, 5.74) is 3.02. The minimum Gasteiger partial charge on any atom is -0.347 e. The molecule has 2 rings (SSSR count). The minimum absolute atomic E-state index is 0.0668. The number of nitrogens with one attached hydrogen (secondary N) is 1. The lowest BCUT2D eigenvalue weighted by Gasteiger charge is -2.14. The molecule has 0 spiro atoms. The molecule has 4 nitrogen and oxygen atoms in total. The Kier molecular flexibility index (Phi) is 5.20. The maximum atomic E-state index is 12.2. The van der Waals surface area contributed by atoms with Gasteiger partial charge in [-0.1, -0.05) is 24.3 Å². The van der Waals surface area contributed by atoms with Crippen LogP contribution in [0.25, 0.3) is 0 Å². The highest BCUT2D eigenvalue weighted by atomic mass is 79.9. The van der Waals surface area contributed by atoms with Crippen molar-refractivity contribution in [3.8, 4) is 0 Å². The zero-order valence-electron chi connectivity index (χ0n) is 12.6. The Morgan fingerprint density at radius 2 is 1.95 bits per heavy atom. The molecule has 0 fully saturated rings. The van der Waals surface area contributed by atoms with E-state index in [4.69, 9.17) is 0 Å². The van der Waals surface area contributed by atoms with Crippen LogP contribution in [0.1, 0.15) is 21.6 Å². The number of carbonyl (C=O) groups excluding carboxylic acids is 1. The van der Waals surface area contributed by atoms with Crippen LogP contribution in [0, 0.1) is 0 Å². The van der Waals surface area contributed by atoms with Crippen LogP contribution < -0.4 is 5.32 Å². The highest BCUT2D eigenvalue weighted by Crippen LogP contribution is 2.14. The molecule has 0 bridgehead atoms. The number of rotatable bonds is 5. The number of carbonyl (C=O) groups is 1. The van der Waals surface area contributed by atoms with Crippen molar-refractivity contribution in [2.24, 2.45) is 7.05 Å². The normalized spacial score (nSPS) is 10.9. The summed E-state index contributed by atoms with van der Waals surface area (Å²) < 4.78 is 2.72. The van der Waals surface area contributed by atoms with Gasteiger partial charge < -0.3 is 14.8 Å². The summed E-state index contributed by atoms with van der Waals surface area (Å²) in [4.78, 5) is 14.3. The van der Waals surface area contributed by atoms with E-state index in [9.17, 15) is 4.79 Å². The monoisotopic (exact) mass is 349 g/mol. The quantitative estimate of drug-likeness (QED) is 0.901. The Labute approximate surface area is 133 Å². The summed E-state index contributed by atoms with van der Waals surface area (Å²) in [5.74, 6) is -0.0668. The average Bonchev–Trinajstić information content (AvgIpc) is 2.76. The van der Waals surface area contributed by atoms with Gasteiger partial charge in [0.25, 0.3) is 5.91 Å². The molecule has 1 aromatic heterocycles. The molecule has 0 saturated heterocycles. The number of halogens is 1. The van der Waals surface area contributed by atoms with Gasteiger partial charge in [-0.25, -0.2) is 0 Å². The molecular formula is C16H20BrN3O. The van der Waals surface area contributed by atoms with Crippen molar-refractivity contribution in [3.05, 3.63) is 57.8 Å². The van der Waals surface area contributed by atoms with Crippen LogP contribution >= 0.6 is 15.9 Å². The maximum Gasteiger partial charge on any atom is 0.268 e. The SMILES string of the molecule is CN(C)Cc1ccccc1CNC(=O)c1cc(Br)cn1C. The van der Waals surface area contributed by atoms with Gasteiger partial charge in [0.15, 0.2) is 0 Å². The molecule has 112 valence electrons. The molecule has 1 aromatic carbocycles. The van der Waals surface area contributed by atoms with Crippen molar-refractivity contribution in [2.45, 2.75) is 13.1 Å². The Hall–Kier alpha value is -1.59. The second kappa shape index (κ2) is 6.91. The van der Waals surface area contributed by atoms with Gasteiger partial charge >= 0.3 is 0 Å². The van der Waals surface area contributed by atoms with Crippen molar-refractivity contribution >= 4 is 21.8 Å². The third-order valence-electron chi connectivity index (χ3n) is 3.25. The fourth-order valence-electron chi connectivity index (χ4n) is 2.24. The second-order valence-electron chi connectivity index (χ2n) is 5.34. The molecule has 21 heavy (non-hydrogen) atoms. The smallest absolute Gasteiger partial charge is 0.268 e. The molecule has 1 N–H and O–H groups in total. The molecule has 1 amide bonds. The van der Waals surface area contributed by atoms with Gasteiger partial charge in [-0.3, -0.25) is 4.79 Å². The Morgan fingerprint density at radius 3 is 2.52 bits per heavy atom. The molecule has 0 aliphatic carbocycles. The van der Waals surface area contributed by atoms with Gasteiger partial charge in [-0.2, -0.15) is 0 Å². The second-order valence-corrected chi connectivity index (χ2v) is 6.26. The van der Waals surface area contributed by atoms with Crippen molar-refractivity contribution in [3.63, 3.8) is 0 Å². The molecule has 0 unspecified atom stereocenters. The van der Waals surface area contributed by atoms with Crippen molar-refractivity contribution in [2.75, 3.05) is 14.1 Å². The number of aromatic nitrogens is 1. The zero-order valence-corrected chi connectivity index (χ0v) is 14.1. The highest BCUT2D eigenvalue weighted by Gasteiger charge is 2.11. The molecule has 0 aliphatic rings. The van der Waals surface area contributed by atoms with E-state index >= 15 is 0 Å². The van der Waals surface area contributed by atoms with E-state index in [1.807, 2.05) is 50.1 Å². The van der Waals surface area contributed by atoms with E-state index in [1.165, 1.54) is 5.56 Å². The van der Waals surface area contributed by atoms with Crippen molar-refractivity contribution in [1.82, 2.24) is 14.8 Å². The van der Waals surface area contributed by atoms with Gasteiger partial charge in [0.05, 0.1) is 0 Å². The van der Waals surface area contributed by atoms with Crippen LogP contribution in [0.3, 0.4) is 0 Å². The first-order valence-electron chi connectivity index (χ1n) is 6.79. The van der Waals surface area contributed by atoms with E-state index in [-0.39, 0.29) is 5.91 Å². The van der Waals surface area contributed by atoms with Gasteiger partial charge in [-0.05, 0) is 47.2 Å². The summed E-state index contributed by atoms with van der Waals surface area (Å²) >= 11 is 3.38. The van der Waals surface area contributed by atoms with Crippen molar-refractivity contribution < 1.29 is 4.79 Å². The van der Waals surface area contributed by atoms with E-state index in [0.717, 1.165) is 16.6 Å². The Morgan fingerprint density at radius 1 is 1.29 bits per heavy atom. The first-order valence-corrected chi connectivity index (χ1v) is 7.58. The zero-order chi connectivity index (χ0) is 15.4. The van der Waals surface area contributed by atoms with E-state index in [2.05, 4.69) is 38.3 Å². The number of amides is 1. The Bertz CT molecular complexity index is 634. The Balaban J connectivity index is 2.06. The molecule has 5 heteroatoms. The average molecular weight is 350 g/mol. The highest BCUT2D eigenvalue weighted by molar-refractivity contribution is 9.10. The molecular weight excluding hydrogens is 330 g/mol. The molecule has 0 saturated carbocycles. The standard InChI is InChI=1S/C16H20BrN3O/c1-19(2)10-13-7-5-4-6-12(13)9-18-16(21)15-8-14(17)11-20(15)3/h4-8,11H,9-10H2,1-3H3,(H,18,21). The summed E-state index contributed by atoms with van der Waals surface area (Å²) in [7, 11) is 5.94. The maximum absolute atomic E-state index is 12.2. The third kappa shape index (κ3) is 4.19. The first kappa shape index (κ1) is 15.8. The lowest BCUT2D eigenvalue weighted by molar-refractivity contribution is 0.0942. The topological polar surface area (TPSA) is 37.3 Å². The largest absolute Gasteiger partial charge is 0.347 e. The van der Waals surface area contributed by atoms with Gasteiger partial charge in [-0.15, -0.1) is 0 Å². The van der Waals surface area contributed by atoms with Crippen LogP contribution in [0.4, 0.5) is 0 Å². The fraction of sp³-hybridized carbons (Fsp3) is 0.312. The summed E-state index contributed by atoms with van der Waals surface area (Å²) in [6.07, 6.45) is 1.87. The lowest BCUT2D eigenvalue weighted by atomic mass is 10.1. The summed E-state index contributed by atoms with van der Waals surface area (Å²) in [6, 6.07) is 10.00. The van der Waals surface area contributed by atoms with Crippen LogP contribution in [0.15, 0.2) is 41.0 Å². The molecule has 0 atom stereocenters. The summed E-state index contributed by atoms with van der Waals surface area (Å²) in [5, 5.41) is 2.98. The van der Waals surface area contributed by atoms with Crippen LogP contribution in [-0.2, 0) is 20.1 Å². The number of hydrogen-bond acceptors (Lipinski definition) is 2. The molecule has 2 aromatic rings. The van der Waals surface area contributed by atoms with E-state index in [0.29, 0.717) is 12.2 Å². The number of aryl methyl sites for hydroxylation is 1. The first-order chi connectivity index (χ1) is 9.97. The van der Waals surface area contributed by atoms with E-state index < -0.39 is 0 Å². The summed E-state index contributed by atoms with van der Waals surface area (Å²) in [6.45, 7) is 1.40.